The second-order valence-electron chi connectivity index (χ2n) is 5.00. The Morgan fingerprint density at radius 1 is 0.947 bits per heavy atom. The lowest BCUT2D eigenvalue weighted by molar-refractivity contribution is -0.00438. The van der Waals surface area contributed by atoms with Crippen LogP contribution in [-0.4, -0.2) is 75.9 Å². The first-order valence-electron chi connectivity index (χ1n) is 7.43. The maximum Gasteiger partial charge on any atom is 0.0701 e. The molecule has 0 saturated carbocycles. The van der Waals surface area contributed by atoms with E-state index < -0.39 is 0 Å². The number of nitrogens with zero attached hydrogens (tertiary/aromatic N) is 1. The number of aliphatic hydroxyl groups is 1. The SMILES string of the molecule is CCCCOCCOCCOCCN1CC(CO)C1. The van der Waals surface area contributed by atoms with E-state index in [1.54, 1.807) is 0 Å². The van der Waals surface area contributed by atoms with Crippen molar-refractivity contribution in [2.24, 2.45) is 5.92 Å². The lowest BCUT2D eigenvalue weighted by Crippen LogP contribution is -2.49. The Hall–Kier alpha value is -0.200. The zero-order valence-electron chi connectivity index (χ0n) is 12.2. The standard InChI is InChI=1S/C14H29NO4/c1-2-3-5-17-7-9-19-10-8-18-6-4-15-11-14(12-15)13-16/h14,16H,2-13H2,1H3. The van der Waals surface area contributed by atoms with Crippen molar-refractivity contribution in [1.29, 1.82) is 0 Å². The van der Waals surface area contributed by atoms with Gasteiger partial charge in [0.1, 0.15) is 0 Å². The molecule has 0 aromatic carbocycles. The Morgan fingerprint density at radius 2 is 1.53 bits per heavy atom. The summed E-state index contributed by atoms with van der Waals surface area (Å²) >= 11 is 0. The molecular formula is C14H29NO4. The van der Waals surface area contributed by atoms with Crippen LogP contribution in [0.5, 0.6) is 0 Å². The highest BCUT2D eigenvalue weighted by atomic mass is 16.5. The number of rotatable bonds is 13. The van der Waals surface area contributed by atoms with Gasteiger partial charge < -0.3 is 24.2 Å². The zero-order valence-corrected chi connectivity index (χ0v) is 12.2. The summed E-state index contributed by atoms with van der Waals surface area (Å²) < 4.78 is 16.3. The Bertz CT molecular complexity index is 198. The Kier molecular flexibility index (Phi) is 10.3. The van der Waals surface area contributed by atoms with Crippen LogP contribution in [0, 0.1) is 5.92 Å². The molecule has 0 bridgehead atoms. The van der Waals surface area contributed by atoms with Crippen molar-refractivity contribution in [2.45, 2.75) is 19.8 Å². The molecule has 1 aliphatic rings. The van der Waals surface area contributed by atoms with Crippen LogP contribution in [0.1, 0.15) is 19.8 Å². The van der Waals surface area contributed by atoms with Gasteiger partial charge in [0.05, 0.1) is 33.0 Å². The molecule has 5 nitrogen and oxygen atoms in total. The number of aliphatic hydroxyl groups excluding tert-OH is 1. The molecule has 0 atom stereocenters. The van der Waals surface area contributed by atoms with Gasteiger partial charge in [0.15, 0.2) is 0 Å². The second-order valence-corrected chi connectivity index (χ2v) is 5.00. The minimum Gasteiger partial charge on any atom is -0.396 e. The van der Waals surface area contributed by atoms with Crippen molar-refractivity contribution in [3.8, 4) is 0 Å². The van der Waals surface area contributed by atoms with E-state index in [1.165, 1.54) is 6.42 Å². The molecule has 1 rings (SSSR count). The van der Waals surface area contributed by atoms with Crippen LogP contribution < -0.4 is 0 Å². The van der Waals surface area contributed by atoms with Crippen molar-refractivity contribution in [2.75, 3.05) is 65.9 Å². The van der Waals surface area contributed by atoms with Crippen LogP contribution in [0.2, 0.25) is 0 Å². The van der Waals surface area contributed by atoms with E-state index in [0.717, 1.165) is 39.3 Å². The average Bonchev–Trinajstić information content (AvgIpc) is 2.38. The maximum absolute atomic E-state index is 8.88. The molecule has 19 heavy (non-hydrogen) atoms. The fraction of sp³-hybridized carbons (Fsp3) is 1.00. The molecule has 0 amide bonds. The van der Waals surface area contributed by atoms with Crippen molar-refractivity contribution in [3.05, 3.63) is 0 Å². The van der Waals surface area contributed by atoms with Crippen LogP contribution in [0.25, 0.3) is 0 Å². The second kappa shape index (κ2) is 11.6. The van der Waals surface area contributed by atoms with Gasteiger partial charge in [-0.05, 0) is 6.42 Å². The van der Waals surface area contributed by atoms with E-state index >= 15 is 0 Å². The van der Waals surface area contributed by atoms with Gasteiger partial charge >= 0.3 is 0 Å². The monoisotopic (exact) mass is 275 g/mol. The van der Waals surface area contributed by atoms with E-state index in [-0.39, 0.29) is 0 Å². The predicted octanol–water partition coefficient (Wildman–Crippen LogP) is 0.760. The van der Waals surface area contributed by atoms with E-state index in [1.807, 2.05) is 0 Å². The first-order chi connectivity index (χ1) is 9.36. The molecule has 0 aromatic heterocycles. The minimum atomic E-state index is 0.311. The van der Waals surface area contributed by atoms with Crippen LogP contribution in [0.3, 0.4) is 0 Å². The van der Waals surface area contributed by atoms with Crippen molar-refractivity contribution >= 4 is 0 Å². The van der Waals surface area contributed by atoms with Crippen molar-refractivity contribution in [1.82, 2.24) is 4.90 Å². The molecule has 0 spiro atoms. The summed E-state index contributed by atoms with van der Waals surface area (Å²) in [6.07, 6.45) is 2.29. The van der Waals surface area contributed by atoms with Gasteiger partial charge in [-0.25, -0.2) is 0 Å². The summed E-state index contributed by atoms with van der Waals surface area (Å²) in [6, 6.07) is 0. The van der Waals surface area contributed by atoms with E-state index in [9.17, 15) is 0 Å². The maximum atomic E-state index is 8.88. The normalized spacial score (nSPS) is 16.7. The molecule has 0 unspecified atom stereocenters. The number of hydrogen-bond acceptors (Lipinski definition) is 5. The number of likely N-dealkylation sites (tertiary alicyclic amines) is 1. The lowest BCUT2D eigenvalue weighted by atomic mass is 10.0. The van der Waals surface area contributed by atoms with Crippen LogP contribution >= 0.6 is 0 Å². The molecular weight excluding hydrogens is 246 g/mol. The largest absolute Gasteiger partial charge is 0.396 e. The highest BCUT2D eigenvalue weighted by Crippen LogP contribution is 2.13. The topological polar surface area (TPSA) is 51.2 Å². The van der Waals surface area contributed by atoms with E-state index in [2.05, 4.69) is 11.8 Å². The Morgan fingerprint density at radius 3 is 2.11 bits per heavy atom. The highest BCUT2D eigenvalue weighted by molar-refractivity contribution is 4.78. The van der Waals surface area contributed by atoms with Crippen molar-refractivity contribution < 1.29 is 19.3 Å². The highest BCUT2D eigenvalue weighted by Gasteiger charge is 2.24. The van der Waals surface area contributed by atoms with E-state index in [4.69, 9.17) is 19.3 Å². The van der Waals surface area contributed by atoms with Gasteiger partial charge in [-0.2, -0.15) is 0 Å². The molecule has 0 aliphatic carbocycles. The van der Waals surface area contributed by atoms with Crippen LogP contribution in [0.4, 0.5) is 0 Å². The van der Waals surface area contributed by atoms with E-state index in [0.29, 0.717) is 39.0 Å². The molecule has 1 N–H and O–H groups in total. The fourth-order valence-corrected chi connectivity index (χ4v) is 1.96. The van der Waals surface area contributed by atoms with Crippen LogP contribution in [-0.2, 0) is 14.2 Å². The van der Waals surface area contributed by atoms with Crippen molar-refractivity contribution in [3.63, 3.8) is 0 Å². The quantitative estimate of drug-likeness (QED) is 0.503. The van der Waals surface area contributed by atoms with Gasteiger partial charge in [0, 0.05) is 38.8 Å². The Labute approximate surface area is 116 Å². The Balaban J connectivity index is 1.68. The predicted molar refractivity (Wildman–Crippen MR) is 74.4 cm³/mol. The smallest absolute Gasteiger partial charge is 0.0701 e. The minimum absolute atomic E-state index is 0.311. The van der Waals surface area contributed by atoms with Gasteiger partial charge in [-0.3, -0.25) is 0 Å². The molecule has 114 valence electrons. The first kappa shape index (κ1) is 16.9. The molecule has 0 radical (unpaired) electrons. The lowest BCUT2D eigenvalue weighted by Gasteiger charge is -2.38. The third-order valence-electron chi connectivity index (χ3n) is 3.23. The average molecular weight is 275 g/mol. The summed E-state index contributed by atoms with van der Waals surface area (Å²) in [5.74, 6) is 0.482. The molecule has 1 saturated heterocycles. The molecule has 1 aliphatic heterocycles. The zero-order chi connectivity index (χ0) is 13.8. The van der Waals surface area contributed by atoms with Gasteiger partial charge in [0.2, 0.25) is 0 Å². The van der Waals surface area contributed by atoms with Gasteiger partial charge in [-0.15, -0.1) is 0 Å². The summed E-state index contributed by atoms with van der Waals surface area (Å²) in [6.45, 7) is 9.62. The summed E-state index contributed by atoms with van der Waals surface area (Å²) in [4.78, 5) is 2.29. The van der Waals surface area contributed by atoms with Gasteiger partial charge in [-0.1, -0.05) is 13.3 Å². The third kappa shape index (κ3) is 8.55. The summed E-state index contributed by atoms with van der Waals surface area (Å²) in [5.41, 5.74) is 0. The summed E-state index contributed by atoms with van der Waals surface area (Å²) in [5, 5.41) is 8.88. The molecule has 0 aromatic rings. The van der Waals surface area contributed by atoms with Gasteiger partial charge in [0.25, 0.3) is 0 Å². The third-order valence-corrected chi connectivity index (χ3v) is 3.23. The fourth-order valence-electron chi connectivity index (χ4n) is 1.96. The number of unbranched alkanes of at least 4 members (excludes halogenated alkanes) is 1. The number of hydrogen-bond donors (Lipinski definition) is 1. The molecule has 5 heteroatoms. The number of ether oxygens (including phenoxy) is 3. The first-order valence-corrected chi connectivity index (χ1v) is 7.43. The summed E-state index contributed by atoms with van der Waals surface area (Å²) in [7, 11) is 0. The van der Waals surface area contributed by atoms with Crippen LogP contribution in [0.15, 0.2) is 0 Å². The molecule has 1 fully saturated rings. The molecule has 1 heterocycles.